The second-order valence-electron chi connectivity index (χ2n) is 4.49. The standard InChI is InChI=1S/C14H17N3O/c1-10-6-4-5-7-12(10)14-15-13(16-17(14)3)9-8-11(2)18/h4-7H,8-9H2,1-3H3. The van der Waals surface area contributed by atoms with Crippen LogP contribution in [0, 0.1) is 6.92 Å². The fourth-order valence-corrected chi connectivity index (χ4v) is 1.89. The number of carbonyl (C=O) groups is 1. The van der Waals surface area contributed by atoms with Crippen molar-refractivity contribution in [3.63, 3.8) is 0 Å². The molecule has 0 saturated carbocycles. The first-order valence-electron chi connectivity index (χ1n) is 6.03. The van der Waals surface area contributed by atoms with Gasteiger partial charge in [-0.1, -0.05) is 24.3 Å². The van der Waals surface area contributed by atoms with E-state index in [2.05, 4.69) is 23.1 Å². The van der Waals surface area contributed by atoms with Crippen molar-refractivity contribution in [2.24, 2.45) is 7.05 Å². The number of Topliss-reactive ketones (excluding diaryl/α,β-unsaturated/α-hetero) is 1. The number of rotatable bonds is 4. The fraction of sp³-hybridized carbons (Fsp3) is 0.357. The van der Waals surface area contributed by atoms with Gasteiger partial charge in [0.15, 0.2) is 11.6 Å². The molecule has 0 atom stereocenters. The first-order chi connectivity index (χ1) is 8.58. The Morgan fingerprint density at radius 1 is 1.33 bits per heavy atom. The van der Waals surface area contributed by atoms with Crippen molar-refractivity contribution in [1.29, 1.82) is 0 Å². The SMILES string of the molecule is CC(=O)CCc1nc(-c2ccccc2C)n(C)n1. The van der Waals surface area contributed by atoms with Crippen molar-refractivity contribution in [3.05, 3.63) is 35.7 Å². The van der Waals surface area contributed by atoms with Gasteiger partial charge in [-0.15, -0.1) is 0 Å². The zero-order valence-electron chi connectivity index (χ0n) is 11.0. The Kier molecular flexibility index (Phi) is 3.55. The van der Waals surface area contributed by atoms with Gasteiger partial charge in [0.2, 0.25) is 0 Å². The maximum absolute atomic E-state index is 11.0. The largest absolute Gasteiger partial charge is 0.300 e. The Balaban J connectivity index is 2.30. The van der Waals surface area contributed by atoms with Gasteiger partial charge in [0.25, 0.3) is 0 Å². The van der Waals surface area contributed by atoms with E-state index in [1.165, 1.54) is 5.56 Å². The van der Waals surface area contributed by atoms with Crippen molar-refractivity contribution in [3.8, 4) is 11.4 Å². The average molecular weight is 243 g/mol. The van der Waals surface area contributed by atoms with E-state index in [4.69, 9.17) is 0 Å². The van der Waals surface area contributed by atoms with Gasteiger partial charge in [-0.3, -0.25) is 0 Å². The van der Waals surface area contributed by atoms with Crippen molar-refractivity contribution in [2.75, 3.05) is 0 Å². The van der Waals surface area contributed by atoms with Crippen molar-refractivity contribution in [2.45, 2.75) is 26.7 Å². The van der Waals surface area contributed by atoms with Gasteiger partial charge in [0, 0.05) is 25.5 Å². The summed E-state index contributed by atoms with van der Waals surface area (Å²) in [5.74, 6) is 1.75. The summed E-state index contributed by atoms with van der Waals surface area (Å²) in [5.41, 5.74) is 2.26. The van der Waals surface area contributed by atoms with Crippen LogP contribution in [0.3, 0.4) is 0 Å². The normalized spacial score (nSPS) is 10.6. The van der Waals surface area contributed by atoms with Gasteiger partial charge in [-0.2, -0.15) is 5.10 Å². The van der Waals surface area contributed by atoms with Gasteiger partial charge in [0.1, 0.15) is 5.78 Å². The molecule has 18 heavy (non-hydrogen) atoms. The molecule has 0 saturated heterocycles. The highest BCUT2D eigenvalue weighted by atomic mass is 16.1. The molecule has 4 nitrogen and oxygen atoms in total. The number of aromatic nitrogens is 3. The Hall–Kier alpha value is -1.97. The monoisotopic (exact) mass is 243 g/mol. The molecule has 94 valence electrons. The van der Waals surface area contributed by atoms with E-state index in [-0.39, 0.29) is 5.78 Å². The minimum Gasteiger partial charge on any atom is -0.300 e. The number of hydrogen-bond donors (Lipinski definition) is 0. The van der Waals surface area contributed by atoms with Crippen LogP contribution in [-0.4, -0.2) is 20.5 Å². The van der Waals surface area contributed by atoms with Crippen LogP contribution < -0.4 is 0 Å². The van der Waals surface area contributed by atoms with Crippen LogP contribution in [0.25, 0.3) is 11.4 Å². The topological polar surface area (TPSA) is 47.8 Å². The van der Waals surface area contributed by atoms with Crippen LogP contribution in [0.5, 0.6) is 0 Å². The van der Waals surface area contributed by atoms with Gasteiger partial charge in [-0.25, -0.2) is 9.67 Å². The van der Waals surface area contributed by atoms with Gasteiger partial charge in [-0.05, 0) is 19.4 Å². The maximum Gasteiger partial charge on any atom is 0.158 e. The molecule has 0 bridgehead atoms. The molecule has 0 amide bonds. The van der Waals surface area contributed by atoms with Crippen LogP contribution in [-0.2, 0) is 18.3 Å². The Labute approximate surface area is 107 Å². The van der Waals surface area contributed by atoms with E-state index >= 15 is 0 Å². The third kappa shape index (κ3) is 2.64. The lowest BCUT2D eigenvalue weighted by Crippen LogP contribution is -1.97. The molecular formula is C14H17N3O. The summed E-state index contributed by atoms with van der Waals surface area (Å²) in [6.45, 7) is 3.64. The lowest BCUT2D eigenvalue weighted by Gasteiger charge is -2.03. The number of ketones is 1. The molecule has 0 radical (unpaired) electrons. The highest BCUT2D eigenvalue weighted by Gasteiger charge is 2.11. The van der Waals surface area contributed by atoms with E-state index in [9.17, 15) is 4.79 Å². The number of carbonyl (C=O) groups excluding carboxylic acids is 1. The van der Waals surface area contributed by atoms with Gasteiger partial charge < -0.3 is 4.79 Å². The highest BCUT2D eigenvalue weighted by Crippen LogP contribution is 2.20. The Morgan fingerprint density at radius 2 is 2.06 bits per heavy atom. The van der Waals surface area contributed by atoms with E-state index in [1.807, 2.05) is 25.2 Å². The molecule has 0 spiro atoms. The predicted molar refractivity (Wildman–Crippen MR) is 70.2 cm³/mol. The average Bonchev–Trinajstić information content (AvgIpc) is 2.69. The third-order valence-corrected chi connectivity index (χ3v) is 2.89. The highest BCUT2D eigenvalue weighted by molar-refractivity contribution is 5.75. The zero-order chi connectivity index (χ0) is 13.1. The lowest BCUT2D eigenvalue weighted by atomic mass is 10.1. The zero-order valence-corrected chi connectivity index (χ0v) is 11.0. The summed E-state index contributed by atoms with van der Waals surface area (Å²) in [6, 6.07) is 8.09. The summed E-state index contributed by atoms with van der Waals surface area (Å²) >= 11 is 0. The van der Waals surface area contributed by atoms with E-state index in [1.54, 1.807) is 11.6 Å². The summed E-state index contributed by atoms with van der Waals surface area (Å²) in [7, 11) is 1.88. The summed E-state index contributed by atoms with van der Waals surface area (Å²) < 4.78 is 1.78. The van der Waals surface area contributed by atoms with Crippen LogP contribution in [0.2, 0.25) is 0 Å². The van der Waals surface area contributed by atoms with E-state index < -0.39 is 0 Å². The predicted octanol–water partition coefficient (Wildman–Crippen LogP) is 2.31. The molecule has 1 aromatic carbocycles. The summed E-state index contributed by atoms with van der Waals surface area (Å²) in [4.78, 5) is 15.5. The molecule has 2 aromatic rings. The minimum atomic E-state index is 0.167. The van der Waals surface area contributed by atoms with Crippen LogP contribution in [0.4, 0.5) is 0 Å². The third-order valence-electron chi connectivity index (χ3n) is 2.89. The Bertz CT molecular complexity index is 572. The van der Waals surface area contributed by atoms with Crippen LogP contribution in [0.15, 0.2) is 24.3 Å². The van der Waals surface area contributed by atoms with E-state index in [0.29, 0.717) is 12.8 Å². The van der Waals surface area contributed by atoms with Gasteiger partial charge >= 0.3 is 0 Å². The summed E-state index contributed by atoms with van der Waals surface area (Å²) in [6.07, 6.45) is 1.10. The number of nitrogens with zero attached hydrogens (tertiary/aromatic N) is 3. The van der Waals surface area contributed by atoms with Crippen molar-refractivity contribution < 1.29 is 4.79 Å². The molecule has 0 aliphatic carbocycles. The second kappa shape index (κ2) is 5.12. The number of benzene rings is 1. The minimum absolute atomic E-state index is 0.167. The lowest BCUT2D eigenvalue weighted by molar-refractivity contribution is -0.117. The fourth-order valence-electron chi connectivity index (χ4n) is 1.89. The number of aryl methyl sites for hydroxylation is 3. The molecule has 1 aromatic heterocycles. The smallest absolute Gasteiger partial charge is 0.158 e. The van der Waals surface area contributed by atoms with Gasteiger partial charge in [0.05, 0.1) is 0 Å². The summed E-state index contributed by atoms with van der Waals surface area (Å²) in [5, 5.41) is 4.35. The van der Waals surface area contributed by atoms with E-state index in [0.717, 1.165) is 17.2 Å². The number of hydrogen-bond acceptors (Lipinski definition) is 3. The Morgan fingerprint density at radius 3 is 2.72 bits per heavy atom. The molecule has 0 aliphatic rings. The second-order valence-corrected chi connectivity index (χ2v) is 4.49. The quantitative estimate of drug-likeness (QED) is 0.828. The molecule has 2 rings (SSSR count). The van der Waals surface area contributed by atoms with Crippen LogP contribution >= 0.6 is 0 Å². The maximum atomic E-state index is 11.0. The van der Waals surface area contributed by atoms with Crippen molar-refractivity contribution in [1.82, 2.24) is 14.8 Å². The van der Waals surface area contributed by atoms with Crippen molar-refractivity contribution >= 4 is 5.78 Å². The molecular weight excluding hydrogens is 226 g/mol. The molecule has 0 unspecified atom stereocenters. The van der Waals surface area contributed by atoms with Crippen LogP contribution in [0.1, 0.15) is 24.7 Å². The molecule has 0 aliphatic heterocycles. The molecule has 1 heterocycles. The first-order valence-corrected chi connectivity index (χ1v) is 6.03. The molecule has 4 heteroatoms. The first kappa shape index (κ1) is 12.5. The molecule has 0 N–H and O–H groups in total. The molecule has 0 fully saturated rings.